The zero-order valence-corrected chi connectivity index (χ0v) is 66.2. The molecule has 0 unspecified atom stereocenters. The SMILES string of the molecule is CC(C)(C)c1cc2c3c(c1)N(c1c(-c4ccccc4)cccc1-c1ccccc1)c1cc4c5c(c1B3c1ccc(-n3c6ccccc6c6ccccc63)cc1N2c1c(-c2ccccc2)cccc1-c1ccccc1)Oc1ccc(-c2ccccc2)cc1B5c1cc(-c2ccccc2)ccc1N4c1c(-c2ccccc2)cccc1-c1ccccc1. The van der Waals surface area contributed by atoms with E-state index in [0.717, 1.165) is 190 Å². The normalized spacial score (nSPS) is 12.8. The predicted octanol–water partition coefficient (Wildman–Crippen LogP) is 25.9. The van der Waals surface area contributed by atoms with Gasteiger partial charge in [-0.15, -0.1) is 0 Å². The molecule has 0 amide bonds. The van der Waals surface area contributed by atoms with Crippen molar-refractivity contribution < 1.29 is 4.74 Å². The van der Waals surface area contributed by atoms with E-state index < -0.39 is 12.1 Å². The van der Waals surface area contributed by atoms with Gasteiger partial charge in [0.05, 0.1) is 28.1 Å². The summed E-state index contributed by atoms with van der Waals surface area (Å²) in [6.45, 7) is 6.34. The van der Waals surface area contributed by atoms with E-state index >= 15 is 0 Å². The molecule has 4 aliphatic rings. The molecule has 0 atom stereocenters. The first-order valence-electron chi connectivity index (χ1n) is 41.4. The second-order valence-electron chi connectivity index (χ2n) is 32.9. The van der Waals surface area contributed by atoms with Gasteiger partial charge in [-0.25, -0.2) is 0 Å². The molecule has 0 fully saturated rings. The van der Waals surface area contributed by atoms with Crippen molar-refractivity contribution in [2.24, 2.45) is 0 Å². The Kier molecular flexibility index (Phi) is 16.3. The molecule has 0 saturated heterocycles. The molecule has 0 spiro atoms. The summed E-state index contributed by atoms with van der Waals surface area (Å²) in [5, 5.41) is 2.41. The largest absolute Gasteiger partial charge is 0.459 e. The molecule has 23 rings (SSSR count). The molecule has 0 N–H and O–H groups in total. The Labute approximate surface area is 695 Å². The summed E-state index contributed by atoms with van der Waals surface area (Å²) in [5.41, 5.74) is 38.3. The quantitative estimate of drug-likeness (QED) is 0.114. The monoisotopic (exact) mass is 1520 g/mol. The molecule has 5 heterocycles. The number of nitrogens with zero attached hydrogens (tertiary/aromatic N) is 4. The molecule has 558 valence electrons. The summed E-state index contributed by atoms with van der Waals surface area (Å²) < 4.78 is 11.0. The predicted molar refractivity (Wildman–Crippen MR) is 503 cm³/mol. The highest BCUT2D eigenvalue weighted by molar-refractivity contribution is 7.03. The topological polar surface area (TPSA) is 23.9 Å². The van der Waals surface area contributed by atoms with Gasteiger partial charge in [-0.05, 0) is 154 Å². The van der Waals surface area contributed by atoms with Crippen molar-refractivity contribution in [3.8, 4) is 106 Å². The zero-order chi connectivity index (χ0) is 79.0. The second kappa shape index (κ2) is 27.9. The Bertz CT molecular complexity index is 7010. The third-order valence-corrected chi connectivity index (χ3v) is 25.2. The van der Waals surface area contributed by atoms with Crippen molar-refractivity contribution in [2.75, 3.05) is 14.7 Å². The van der Waals surface area contributed by atoms with Crippen LogP contribution in [0.25, 0.3) is 117 Å². The minimum atomic E-state index is -0.472. The van der Waals surface area contributed by atoms with Gasteiger partial charge in [0.15, 0.2) is 0 Å². The standard InChI is InChI=1S/C112H78B2N4O/c1-112(2,3)83-69-100-105-101(70-83)118(110-89(79-47-24-10-25-48-79)57-34-58-90(110)80-49-26-11-27-50-80)103-72-102-106-111(107(103)114(105)93-64-63-84(115-96-59-30-28-51-91(96)92-52-29-31-60-97(92)115)71-99(93)117(100)109-87(77-43-20-8-21-44-77)55-33-56-88(109)78-45-22-9-23-46-78)119-104-66-62-82(74-37-14-5-15-38-74)68-95(104)113(106)94-67-81(73-35-12-4-13-36-73)61-65-98(94)116(102)108-85(75-39-16-6-17-40-75)53-32-54-86(108)76-41-18-7-19-42-76/h4-72H,1-3H3. The van der Waals surface area contributed by atoms with Gasteiger partial charge in [0.2, 0.25) is 0 Å². The first kappa shape index (κ1) is 69.6. The number of benzene rings is 18. The van der Waals surface area contributed by atoms with Gasteiger partial charge in [-0.2, -0.15) is 0 Å². The van der Waals surface area contributed by atoms with Gasteiger partial charge in [0.25, 0.3) is 13.4 Å². The minimum Gasteiger partial charge on any atom is -0.459 e. The van der Waals surface area contributed by atoms with Crippen LogP contribution in [0, 0.1) is 0 Å². The van der Waals surface area contributed by atoms with Crippen LogP contribution in [-0.2, 0) is 5.41 Å². The summed E-state index contributed by atoms with van der Waals surface area (Å²) in [7, 11) is 0. The van der Waals surface area contributed by atoms with Crippen molar-refractivity contribution in [1.29, 1.82) is 0 Å². The van der Waals surface area contributed by atoms with Crippen LogP contribution in [0.15, 0.2) is 419 Å². The maximum Gasteiger partial charge on any atom is 0.256 e. The molecule has 1 aromatic heterocycles. The van der Waals surface area contributed by atoms with Crippen molar-refractivity contribution >= 4 is 119 Å². The lowest BCUT2D eigenvalue weighted by Gasteiger charge is -2.49. The van der Waals surface area contributed by atoms with E-state index in [0.29, 0.717) is 0 Å². The maximum atomic E-state index is 8.55. The van der Waals surface area contributed by atoms with Crippen molar-refractivity contribution in [1.82, 2.24) is 4.57 Å². The van der Waals surface area contributed by atoms with Crippen LogP contribution in [0.1, 0.15) is 26.3 Å². The summed E-state index contributed by atoms with van der Waals surface area (Å²) in [6.07, 6.45) is 0. The molecule has 0 radical (unpaired) electrons. The molecule has 7 heteroatoms. The Morgan fingerprint density at radius 2 is 0.580 bits per heavy atom. The van der Waals surface area contributed by atoms with Gasteiger partial charge < -0.3 is 24.0 Å². The lowest BCUT2D eigenvalue weighted by Crippen LogP contribution is -2.65. The number of para-hydroxylation sites is 5. The van der Waals surface area contributed by atoms with E-state index in [1.807, 2.05) is 0 Å². The molecule has 18 aromatic carbocycles. The highest BCUT2D eigenvalue weighted by Crippen LogP contribution is 2.58. The highest BCUT2D eigenvalue weighted by Gasteiger charge is 2.52. The molecule has 19 aromatic rings. The molecular weight excluding hydrogens is 1440 g/mol. The van der Waals surface area contributed by atoms with Crippen LogP contribution in [0.4, 0.5) is 51.2 Å². The summed E-state index contributed by atoms with van der Waals surface area (Å²) >= 11 is 0. The minimum absolute atomic E-state index is 0.367. The summed E-state index contributed by atoms with van der Waals surface area (Å²) in [4.78, 5) is 8.08. The summed E-state index contributed by atoms with van der Waals surface area (Å²) in [6, 6.07) is 157. The van der Waals surface area contributed by atoms with Gasteiger partial charge >= 0.3 is 0 Å². The third kappa shape index (κ3) is 11.2. The fraction of sp³-hybridized carbons (Fsp3) is 0.0357. The van der Waals surface area contributed by atoms with E-state index in [-0.39, 0.29) is 6.71 Å². The van der Waals surface area contributed by atoms with Crippen LogP contribution in [0.2, 0.25) is 0 Å². The molecule has 0 saturated carbocycles. The molecular formula is C112H78B2N4O. The number of anilines is 9. The first-order valence-corrected chi connectivity index (χ1v) is 41.4. The van der Waals surface area contributed by atoms with Crippen LogP contribution in [0.5, 0.6) is 11.5 Å². The van der Waals surface area contributed by atoms with E-state index in [4.69, 9.17) is 4.74 Å². The number of rotatable bonds is 12. The van der Waals surface area contributed by atoms with E-state index in [1.54, 1.807) is 0 Å². The number of fused-ring (bicyclic) bond motifs is 12. The molecule has 0 bridgehead atoms. The van der Waals surface area contributed by atoms with E-state index in [1.165, 1.54) is 27.3 Å². The van der Waals surface area contributed by atoms with Crippen LogP contribution in [0.3, 0.4) is 0 Å². The molecule has 0 aliphatic carbocycles. The number of ether oxygens (including phenoxy) is 1. The van der Waals surface area contributed by atoms with Crippen molar-refractivity contribution in [2.45, 2.75) is 26.2 Å². The smallest absolute Gasteiger partial charge is 0.256 e. The fourth-order valence-corrected chi connectivity index (χ4v) is 19.8. The Morgan fingerprint density at radius 3 is 0.992 bits per heavy atom. The summed E-state index contributed by atoms with van der Waals surface area (Å²) in [5.74, 6) is 1.66. The van der Waals surface area contributed by atoms with Crippen molar-refractivity contribution in [3.05, 3.63) is 424 Å². The second-order valence-corrected chi connectivity index (χ2v) is 32.9. The van der Waals surface area contributed by atoms with Gasteiger partial charge in [0, 0.05) is 84.0 Å². The molecule has 4 aliphatic heterocycles. The van der Waals surface area contributed by atoms with Gasteiger partial charge in [0.1, 0.15) is 11.5 Å². The number of aromatic nitrogens is 1. The Hall–Kier alpha value is -14.9. The molecule has 5 nitrogen and oxygen atoms in total. The average Bonchev–Trinajstić information content (AvgIpc) is 0.930. The van der Waals surface area contributed by atoms with Crippen molar-refractivity contribution in [3.63, 3.8) is 0 Å². The van der Waals surface area contributed by atoms with E-state index in [2.05, 4.69) is 459 Å². The van der Waals surface area contributed by atoms with E-state index in [9.17, 15) is 0 Å². The maximum absolute atomic E-state index is 8.55. The Balaban J connectivity index is 0.931. The lowest BCUT2D eigenvalue weighted by molar-refractivity contribution is 0.491. The molecule has 119 heavy (non-hydrogen) atoms. The fourth-order valence-electron chi connectivity index (χ4n) is 19.8. The highest BCUT2D eigenvalue weighted by atomic mass is 16.5. The van der Waals surface area contributed by atoms with Crippen LogP contribution >= 0.6 is 0 Å². The van der Waals surface area contributed by atoms with Gasteiger partial charge in [-0.1, -0.05) is 385 Å². The first-order chi connectivity index (χ1) is 58.7. The lowest BCUT2D eigenvalue weighted by atomic mass is 9.30. The number of hydrogen-bond donors (Lipinski definition) is 0. The Morgan fingerprint density at radius 1 is 0.235 bits per heavy atom. The third-order valence-electron chi connectivity index (χ3n) is 25.2. The van der Waals surface area contributed by atoms with Gasteiger partial charge in [-0.3, -0.25) is 0 Å². The van der Waals surface area contributed by atoms with Crippen LogP contribution in [-0.4, -0.2) is 18.0 Å². The van der Waals surface area contributed by atoms with Crippen LogP contribution < -0.4 is 52.2 Å². The number of hydrogen-bond acceptors (Lipinski definition) is 4. The zero-order valence-electron chi connectivity index (χ0n) is 66.2. The average molecular weight is 1520 g/mol.